The fourth-order valence-corrected chi connectivity index (χ4v) is 4.03. The molecule has 1 fully saturated rings. The zero-order valence-corrected chi connectivity index (χ0v) is 15.4. The molecule has 2 rings (SSSR count). The molecule has 0 saturated heterocycles. The smallest absolute Gasteiger partial charge is 0.407 e. The Kier molecular flexibility index (Phi) is 5.55. The molecule has 0 aromatic heterocycles. The normalized spacial score (nSPS) is 21.5. The van der Waals surface area contributed by atoms with E-state index in [1.165, 1.54) is 0 Å². The van der Waals surface area contributed by atoms with E-state index in [1.54, 1.807) is 45.0 Å². The number of ether oxygens (including phenoxy) is 1. The molecule has 0 heterocycles. The van der Waals surface area contributed by atoms with E-state index in [0.29, 0.717) is 6.42 Å². The largest absolute Gasteiger partial charge is 0.444 e. The van der Waals surface area contributed by atoms with Crippen LogP contribution in [-0.4, -0.2) is 32.2 Å². The second kappa shape index (κ2) is 7.11. The summed E-state index contributed by atoms with van der Waals surface area (Å²) in [4.78, 5) is 12.2. The quantitative estimate of drug-likeness (QED) is 0.871. The van der Waals surface area contributed by atoms with Crippen LogP contribution in [0.2, 0.25) is 0 Å². The Bertz CT molecular complexity index is 678. The van der Waals surface area contributed by atoms with Crippen molar-refractivity contribution in [3.05, 3.63) is 29.8 Å². The number of benzene rings is 1. The number of rotatable bonds is 4. The van der Waals surface area contributed by atoms with E-state index in [-0.39, 0.29) is 17.0 Å². The van der Waals surface area contributed by atoms with Gasteiger partial charge in [-0.2, -0.15) is 0 Å². The van der Waals surface area contributed by atoms with Crippen molar-refractivity contribution in [2.45, 2.75) is 69.5 Å². The molecule has 1 amide bonds. The summed E-state index contributed by atoms with van der Waals surface area (Å²) in [6.07, 6.45) is 1.74. The minimum Gasteiger partial charge on any atom is -0.444 e. The monoisotopic (exact) mass is 354 g/mol. The Balaban J connectivity index is 2.02. The molecule has 7 heteroatoms. The third-order valence-electron chi connectivity index (χ3n) is 3.86. The van der Waals surface area contributed by atoms with Gasteiger partial charge in [-0.05, 0) is 59.1 Å². The first-order valence-corrected chi connectivity index (χ1v) is 9.64. The minimum atomic E-state index is -3.61. The Labute approximate surface area is 144 Å². The average Bonchev–Trinajstić information content (AvgIpc) is 2.83. The van der Waals surface area contributed by atoms with E-state index in [1.807, 2.05) is 6.92 Å². The van der Waals surface area contributed by atoms with Gasteiger partial charge in [0, 0.05) is 12.1 Å². The van der Waals surface area contributed by atoms with Crippen molar-refractivity contribution in [2.24, 2.45) is 0 Å². The summed E-state index contributed by atoms with van der Waals surface area (Å²) in [6.45, 7) is 7.28. The summed E-state index contributed by atoms with van der Waals surface area (Å²) in [6, 6.07) is 6.11. The molecule has 1 aliphatic carbocycles. The van der Waals surface area contributed by atoms with E-state index in [2.05, 4.69) is 10.0 Å². The van der Waals surface area contributed by atoms with Crippen LogP contribution < -0.4 is 10.0 Å². The number of hydrogen-bond acceptors (Lipinski definition) is 4. The molecule has 134 valence electrons. The van der Waals surface area contributed by atoms with E-state index in [0.717, 1.165) is 18.4 Å². The third kappa shape index (κ3) is 5.21. The maximum Gasteiger partial charge on any atom is 0.407 e. The molecule has 2 N–H and O–H groups in total. The molecule has 1 aromatic rings. The average molecular weight is 354 g/mol. The molecule has 2 atom stereocenters. The second-order valence-corrected chi connectivity index (χ2v) is 8.94. The zero-order chi connectivity index (χ0) is 18.0. The van der Waals surface area contributed by atoms with Crippen LogP contribution in [0.3, 0.4) is 0 Å². The van der Waals surface area contributed by atoms with E-state index in [4.69, 9.17) is 4.74 Å². The maximum absolute atomic E-state index is 12.5. The molecule has 1 saturated carbocycles. The lowest BCUT2D eigenvalue weighted by molar-refractivity contribution is 0.0500. The number of carbonyl (C=O) groups excluding carboxylic acids is 1. The number of carbonyl (C=O) groups is 1. The van der Waals surface area contributed by atoms with Crippen LogP contribution >= 0.6 is 0 Å². The van der Waals surface area contributed by atoms with Crippen molar-refractivity contribution in [3.63, 3.8) is 0 Å². The zero-order valence-electron chi connectivity index (χ0n) is 14.6. The van der Waals surface area contributed by atoms with Gasteiger partial charge in [0.05, 0.1) is 4.90 Å². The van der Waals surface area contributed by atoms with E-state index in [9.17, 15) is 13.2 Å². The summed E-state index contributed by atoms with van der Waals surface area (Å²) in [5.74, 6) is 0. The Morgan fingerprint density at radius 2 is 1.71 bits per heavy atom. The highest BCUT2D eigenvalue weighted by molar-refractivity contribution is 7.89. The van der Waals surface area contributed by atoms with Crippen LogP contribution in [0, 0.1) is 6.92 Å². The SMILES string of the molecule is Cc1ccc(S(=O)(=O)N[C@H]2CCC[C@@H]2NC(=O)OC(C)(C)C)cc1. The van der Waals surface area contributed by atoms with E-state index < -0.39 is 21.7 Å². The number of amides is 1. The topological polar surface area (TPSA) is 84.5 Å². The van der Waals surface area contributed by atoms with Gasteiger partial charge in [0.25, 0.3) is 0 Å². The van der Waals surface area contributed by atoms with Gasteiger partial charge in [0.15, 0.2) is 0 Å². The highest BCUT2D eigenvalue weighted by atomic mass is 32.2. The standard InChI is InChI=1S/C17H26N2O4S/c1-12-8-10-13(11-9-12)24(21,22)19-15-7-5-6-14(15)18-16(20)23-17(2,3)4/h8-11,14-15,19H,5-7H2,1-4H3,(H,18,20)/t14-,15-/m0/s1. The van der Waals surface area contributed by atoms with Crippen LogP contribution in [0.4, 0.5) is 4.79 Å². The van der Waals surface area contributed by atoms with Gasteiger partial charge in [-0.3, -0.25) is 0 Å². The van der Waals surface area contributed by atoms with Gasteiger partial charge in [-0.25, -0.2) is 17.9 Å². The summed E-state index contributed by atoms with van der Waals surface area (Å²) in [7, 11) is -3.61. The fourth-order valence-electron chi connectivity index (χ4n) is 2.72. The predicted molar refractivity (Wildman–Crippen MR) is 92.3 cm³/mol. The molecule has 6 nitrogen and oxygen atoms in total. The molecule has 1 aliphatic rings. The maximum atomic E-state index is 12.5. The number of nitrogens with one attached hydrogen (secondary N) is 2. The first-order chi connectivity index (χ1) is 11.1. The summed E-state index contributed by atoms with van der Waals surface area (Å²) in [5.41, 5.74) is 0.416. The van der Waals surface area contributed by atoms with Crippen LogP contribution in [0.1, 0.15) is 45.6 Å². The summed E-state index contributed by atoms with van der Waals surface area (Å²) in [5, 5.41) is 2.78. The van der Waals surface area contributed by atoms with Gasteiger partial charge < -0.3 is 10.1 Å². The highest BCUT2D eigenvalue weighted by Crippen LogP contribution is 2.22. The fraction of sp³-hybridized carbons (Fsp3) is 0.588. The van der Waals surface area contributed by atoms with Crippen LogP contribution in [0.15, 0.2) is 29.2 Å². The Morgan fingerprint density at radius 3 is 2.29 bits per heavy atom. The molecule has 24 heavy (non-hydrogen) atoms. The van der Waals surface area contributed by atoms with Gasteiger partial charge in [0.2, 0.25) is 10.0 Å². The summed E-state index contributed by atoms with van der Waals surface area (Å²) >= 11 is 0. The molecule has 0 spiro atoms. The summed E-state index contributed by atoms with van der Waals surface area (Å²) < 4.78 is 33.0. The molecule has 0 unspecified atom stereocenters. The Hall–Kier alpha value is -1.60. The molecule has 0 radical (unpaired) electrons. The lowest BCUT2D eigenvalue weighted by atomic mass is 10.2. The van der Waals surface area contributed by atoms with Crippen molar-refractivity contribution in [2.75, 3.05) is 0 Å². The van der Waals surface area contributed by atoms with Crippen molar-refractivity contribution in [1.29, 1.82) is 0 Å². The lowest BCUT2D eigenvalue weighted by Gasteiger charge is -2.25. The van der Waals surface area contributed by atoms with Gasteiger partial charge in [-0.1, -0.05) is 17.7 Å². The van der Waals surface area contributed by atoms with Crippen molar-refractivity contribution in [1.82, 2.24) is 10.0 Å². The number of alkyl carbamates (subject to hydrolysis) is 1. The second-order valence-electron chi connectivity index (χ2n) is 7.22. The number of sulfonamides is 1. The first kappa shape index (κ1) is 18.7. The van der Waals surface area contributed by atoms with Crippen LogP contribution in [0.25, 0.3) is 0 Å². The van der Waals surface area contributed by atoms with Crippen molar-refractivity contribution in [3.8, 4) is 0 Å². The predicted octanol–water partition coefficient (Wildman–Crippen LogP) is 2.72. The number of aryl methyl sites for hydroxylation is 1. The van der Waals surface area contributed by atoms with Gasteiger partial charge in [-0.15, -0.1) is 0 Å². The highest BCUT2D eigenvalue weighted by Gasteiger charge is 2.33. The van der Waals surface area contributed by atoms with Crippen molar-refractivity contribution < 1.29 is 17.9 Å². The molecule has 0 bridgehead atoms. The molecule has 0 aliphatic heterocycles. The minimum absolute atomic E-state index is 0.232. The third-order valence-corrected chi connectivity index (χ3v) is 5.36. The van der Waals surface area contributed by atoms with Crippen LogP contribution in [0.5, 0.6) is 0 Å². The molecular formula is C17H26N2O4S. The molecular weight excluding hydrogens is 328 g/mol. The van der Waals surface area contributed by atoms with E-state index >= 15 is 0 Å². The van der Waals surface area contributed by atoms with Crippen molar-refractivity contribution >= 4 is 16.1 Å². The first-order valence-electron chi connectivity index (χ1n) is 8.15. The molecule has 1 aromatic carbocycles. The lowest BCUT2D eigenvalue weighted by Crippen LogP contribution is -2.49. The van der Waals surface area contributed by atoms with Gasteiger partial charge in [0.1, 0.15) is 5.60 Å². The number of hydrogen-bond donors (Lipinski definition) is 2. The Morgan fingerprint density at radius 1 is 1.12 bits per heavy atom. The van der Waals surface area contributed by atoms with Gasteiger partial charge >= 0.3 is 6.09 Å². The van der Waals surface area contributed by atoms with Crippen LogP contribution in [-0.2, 0) is 14.8 Å².